The van der Waals surface area contributed by atoms with Crippen LogP contribution in [-0.4, -0.2) is 42.8 Å². The summed E-state index contributed by atoms with van der Waals surface area (Å²) >= 11 is 0. The predicted octanol–water partition coefficient (Wildman–Crippen LogP) is 7.62. The molecule has 0 fully saturated rings. The van der Waals surface area contributed by atoms with Gasteiger partial charge in [-0.1, -0.05) is 73.5 Å². The number of Topliss-reactive ketones (excluding diaryl/α,β-unsaturated/α-hetero) is 1. The Bertz CT molecular complexity index is 1160. The molecule has 1 aliphatic heterocycles. The number of fused-ring (bicyclic) bond motifs is 1. The molecule has 0 radical (unpaired) electrons. The number of benzene rings is 3. The lowest BCUT2D eigenvalue weighted by Crippen LogP contribution is -2.35. The van der Waals surface area contributed by atoms with Gasteiger partial charge in [-0.15, -0.1) is 0 Å². The average molecular weight is 544 g/mol. The molecule has 40 heavy (non-hydrogen) atoms. The van der Waals surface area contributed by atoms with Gasteiger partial charge in [0, 0.05) is 44.7 Å². The molecule has 0 N–H and O–H groups in total. The molecule has 3 aromatic carbocycles. The normalized spacial score (nSPS) is 14.1. The van der Waals surface area contributed by atoms with Crippen molar-refractivity contribution < 1.29 is 19.0 Å². The number of ether oxygens (including phenoxy) is 3. The summed E-state index contributed by atoms with van der Waals surface area (Å²) < 4.78 is 17.5. The molecule has 1 aliphatic rings. The third-order valence-electron chi connectivity index (χ3n) is 7.29. The Kier molecular flexibility index (Phi) is 11.8. The summed E-state index contributed by atoms with van der Waals surface area (Å²) in [5, 5.41) is 0. The van der Waals surface area contributed by atoms with Crippen molar-refractivity contribution in [2.75, 3.05) is 26.3 Å². The number of carbonyl (C=O) groups is 1. The van der Waals surface area contributed by atoms with E-state index in [9.17, 15) is 4.79 Å². The van der Waals surface area contributed by atoms with Gasteiger partial charge in [0.25, 0.3) is 0 Å². The first-order chi connectivity index (χ1) is 19.5. The van der Waals surface area contributed by atoms with Crippen LogP contribution < -0.4 is 4.74 Å². The number of hydrogen-bond donors (Lipinski definition) is 0. The zero-order chi connectivity index (χ0) is 28.0. The predicted molar refractivity (Wildman–Crippen MR) is 161 cm³/mol. The van der Waals surface area contributed by atoms with Crippen LogP contribution in [-0.2, 0) is 29.0 Å². The van der Waals surface area contributed by atoms with E-state index in [1.54, 1.807) is 0 Å². The van der Waals surface area contributed by atoms with Crippen LogP contribution in [0.3, 0.4) is 0 Å². The number of unbranched alkanes of at least 4 members (excludes halogenated alkanes) is 4. The van der Waals surface area contributed by atoms with Crippen LogP contribution in [0.4, 0.5) is 0 Å². The summed E-state index contributed by atoms with van der Waals surface area (Å²) in [7, 11) is 0. The number of carbonyl (C=O) groups excluding carboxylic acids is 1. The third kappa shape index (κ3) is 10.2. The third-order valence-corrected chi connectivity index (χ3v) is 7.29. The maximum absolute atomic E-state index is 13.3. The van der Waals surface area contributed by atoms with Gasteiger partial charge in [-0.25, -0.2) is 0 Å². The van der Waals surface area contributed by atoms with E-state index in [1.165, 1.54) is 17.5 Å². The van der Waals surface area contributed by atoms with Crippen molar-refractivity contribution in [3.63, 3.8) is 0 Å². The second-order valence-corrected chi connectivity index (χ2v) is 11.2. The molecule has 1 heterocycles. The molecule has 5 nitrogen and oxygen atoms in total. The minimum absolute atomic E-state index is 0.129. The maximum atomic E-state index is 13.3. The van der Waals surface area contributed by atoms with Crippen molar-refractivity contribution in [2.24, 2.45) is 0 Å². The molecule has 5 heteroatoms. The number of ketones is 1. The van der Waals surface area contributed by atoms with E-state index in [2.05, 4.69) is 59.5 Å². The quantitative estimate of drug-likeness (QED) is 0.129. The molecule has 0 amide bonds. The first-order valence-corrected chi connectivity index (χ1v) is 14.9. The lowest BCUT2D eigenvalue weighted by molar-refractivity contribution is -0.180. The van der Waals surface area contributed by atoms with Gasteiger partial charge in [-0.05, 0) is 68.0 Å². The van der Waals surface area contributed by atoms with Gasteiger partial charge >= 0.3 is 0 Å². The number of nitrogens with zero attached hydrogens (tertiary/aromatic N) is 1. The van der Waals surface area contributed by atoms with Crippen molar-refractivity contribution >= 4 is 5.78 Å². The minimum atomic E-state index is -0.639. The van der Waals surface area contributed by atoms with Gasteiger partial charge in [0.2, 0.25) is 5.79 Å². The molecule has 0 unspecified atom stereocenters. The molecule has 0 saturated heterocycles. The van der Waals surface area contributed by atoms with Gasteiger partial charge in [0.05, 0.1) is 13.2 Å². The van der Waals surface area contributed by atoms with Crippen molar-refractivity contribution in [3.8, 4) is 5.75 Å². The molecule has 0 aromatic heterocycles. The molecule has 0 spiro atoms. The second-order valence-electron chi connectivity index (χ2n) is 11.2. The molecule has 0 aliphatic carbocycles. The summed E-state index contributed by atoms with van der Waals surface area (Å²) in [5.41, 5.74) is 4.27. The highest BCUT2D eigenvalue weighted by Crippen LogP contribution is 2.31. The highest BCUT2D eigenvalue weighted by atomic mass is 16.7. The number of aryl methyl sites for hydroxylation is 1. The van der Waals surface area contributed by atoms with E-state index in [1.807, 2.05) is 38.1 Å². The molecular formula is C35H45NO4. The van der Waals surface area contributed by atoms with E-state index >= 15 is 0 Å². The lowest BCUT2D eigenvalue weighted by atomic mass is 10.0. The summed E-state index contributed by atoms with van der Waals surface area (Å²) in [4.78, 5) is 15.6. The van der Waals surface area contributed by atoms with Crippen LogP contribution in [0, 0.1) is 0 Å². The zero-order valence-corrected chi connectivity index (χ0v) is 24.3. The number of rotatable bonds is 17. The van der Waals surface area contributed by atoms with Crippen molar-refractivity contribution in [1.29, 1.82) is 0 Å². The van der Waals surface area contributed by atoms with Crippen LogP contribution in [0.1, 0.15) is 79.4 Å². The number of hydrogen-bond acceptors (Lipinski definition) is 5. The van der Waals surface area contributed by atoms with E-state index in [0.717, 1.165) is 76.1 Å². The monoisotopic (exact) mass is 543 g/mol. The fourth-order valence-electron chi connectivity index (χ4n) is 5.03. The summed E-state index contributed by atoms with van der Waals surface area (Å²) in [6.07, 6.45) is 7.85. The standard InChI is InChI=1S/C35H45NO4/c1-35(2)39-28-32-25-31(20-21-34(32)40-35)33(37)27-36(26-30-18-9-6-10-19-30)22-12-3-4-13-23-38-24-14-11-17-29-15-7-5-8-16-29/h5-10,15-16,18-21,25H,3-4,11-14,17,22-24,26-28H2,1-2H3. The Morgan fingerprint density at radius 2 is 1.50 bits per heavy atom. The molecule has 0 atom stereocenters. The van der Waals surface area contributed by atoms with Crippen LogP contribution in [0.5, 0.6) is 5.75 Å². The molecule has 0 bridgehead atoms. The molecule has 0 saturated carbocycles. The Labute approximate surface area is 240 Å². The van der Waals surface area contributed by atoms with Gasteiger partial charge in [-0.2, -0.15) is 0 Å². The SMILES string of the molecule is CC1(C)OCc2cc(C(=O)CN(CCCCCCOCCCCc3ccccc3)Cc3ccccc3)ccc2O1. The first-order valence-electron chi connectivity index (χ1n) is 14.9. The van der Waals surface area contributed by atoms with E-state index < -0.39 is 5.79 Å². The smallest absolute Gasteiger partial charge is 0.205 e. The van der Waals surface area contributed by atoms with Crippen molar-refractivity contribution in [1.82, 2.24) is 4.90 Å². The van der Waals surface area contributed by atoms with Crippen LogP contribution in [0.2, 0.25) is 0 Å². The Morgan fingerprint density at radius 3 is 2.25 bits per heavy atom. The Balaban J connectivity index is 1.16. The minimum Gasteiger partial charge on any atom is -0.463 e. The van der Waals surface area contributed by atoms with E-state index in [0.29, 0.717) is 18.7 Å². The highest BCUT2D eigenvalue weighted by molar-refractivity contribution is 5.98. The van der Waals surface area contributed by atoms with Gasteiger partial charge < -0.3 is 14.2 Å². The van der Waals surface area contributed by atoms with Crippen LogP contribution >= 0.6 is 0 Å². The zero-order valence-electron chi connectivity index (χ0n) is 24.3. The van der Waals surface area contributed by atoms with E-state index in [4.69, 9.17) is 14.2 Å². The largest absolute Gasteiger partial charge is 0.463 e. The molecular weight excluding hydrogens is 498 g/mol. The lowest BCUT2D eigenvalue weighted by Gasteiger charge is -2.32. The summed E-state index contributed by atoms with van der Waals surface area (Å²) in [5.74, 6) is 0.286. The average Bonchev–Trinajstić information content (AvgIpc) is 2.96. The highest BCUT2D eigenvalue weighted by Gasteiger charge is 2.28. The topological polar surface area (TPSA) is 48.0 Å². The second kappa shape index (κ2) is 15.7. The molecule has 4 rings (SSSR count). The van der Waals surface area contributed by atoms with Crippen molar-refractivity contribution in [2.45, 2.75) is 77.7 Å². The van der Waals surface area contributed by atoms with Crippen LogP contribution in [0.15, 0.2) is 78.9 Å². The Morgan fingerprint density at radius 1 is 0.825 bits per heavy atom. The van der Waals surface area contributed by atoms with Gasteiger partial charge in [0.15, 0.2) is 5.78 Å². The fourth-order valence-corrected chi connectivity index (χ4v) is 5.03. The van der Waals surface area contributed by atoms with Crippen molar-refractivity contribution in [3.05, 3.63) is 101 Å². The maximum Gasteiger partial charge on any atom is 0.205 e. The van der Waals surface area contributed by atoms with E-state index in [-0.39, 0.29) is 5.78 Å². The molecule has 3 aromatic rings. The summed E-state index contributed by atoms with van der Waals surface area (Å²) in [6, 6.07) is 26.8. The van der Waals surface area contributed by atoms with Crippen LogP contribution in [0.25, 0.3) is 0 Å². The molecule has 214 valence electrons. The van der Waals surface area contributed by atoms with Gasteiger partial charge in [-0.3, -0.25) is 9.69 Å². The fraction of sp³-hybridized carbons (Fsp3) is 0.457. The van der Waals surface area contributed by atoms with Gasteiger partial charge in [0.1, 0.15) is 5.75 Å². The first kappa shape index (κ1) is 30.0. The Hall–Kier alpha value is -2.99. The summed E-state index contributed by atoms with van der Waals surface area (Å²) in [6.45, 7) is 7.99.